The van der Waals surface area contributed by atoms with Gasteiger partial charge in [-0.2, -0.15) is 0 Å². The quantitative estimate of drug-likeness (QED) is 0.721. The van der Waals surface area contributed by atoms with E-state index in [0.29, 0.717) is 6.47 Å². The van der Waals surface area contributed by atoms with Gasteiger partial charge in [0, 0.05) is 19.8 Å². The molecule has 0 radical (unpaired) electrons. The highest BCUT2D eigenvalue weighted by molar-refractivity contribution is 5.37. The van der Waals surface area contributed by atoms with Crippen molar-refractivity contribution in [3.8, 4) is 0 Å². The fourth-order valence-electron chi connectivity index (χ4n) is 2.19. The molecule has 2 rings (SSSR count). The van der Waals surface area contributed by atoms with Crippen LogP contribution in [0.15, 0.2) is 0 Å². The highest BCUT2D eigenvalue weighted by Crippen LogP contribution is 2.26. The first kappa shape index (κ1) is 21.6. The van der Waals surface area contributed by atoms with E-state index in [-0.39, 0.29) is 12.2 Å². The molecule has 2 aliphatic rings. The lowest BCUT2D eigenvalue weighted by Gasteiger charge is -2.14. The van der Waals surface area contributed by atoms with Gasteiger partial charge in [-0.3, -0.25) is 4.79 Å². The van der Waals surface area contributed by atoms with Crippen LogP contribution in [0.2, 0.25) is 0 Å². The summed E-state index contributed by atoms with van der Waals surface area (Å²) in [5, 5.41) is 14.6. The Balaban J connectivity index is 0. The molecule has 0 amide bonds. The maximum atomic E-state index is 9.60. The molecular formula is C15H33NO4. The Hall–Kier alpha value is -0.650. The van der Waals surface area contributed by atoms with Gasteiger partial charge in [0.25, 0.3) is 6.47 Å². The maximum Gasteiger partial charge on any atom is 0.293 e. The van der Waals surface area contributed by atoms with E-state index in [1.54, 1.807) is 6.92 Å². The Morgan fingerprint density at radius 1 is 1.20 bits per heavy atom. The highest BCUT2D eigenvalue weighted by atomic mass is 16.5. The van der Waals surface area contributed by atoms with E-state index in [1.165, 1.54) is 38.8 Å². The number of rotatable bonds is 1. The Labute approximate surface area is 123 Å². The molecule has 20 heavy (non-hydrogen) atoms. The SMILES string of the molecule is C1CC2CCCN2C1.CC(C)(C)OC=O.CCO.CO. The van der Waals surface area contributed by atoms with Gasteiger partial charge >= 0.3 is 0 Å². The molecule has 2 heterocycles. The van der Waals surface area contributed by atoms with Gasteiger partial charge in [-0.15, -0.1) is 0 Å². The van der Waals surface area contributed by atoms with Crippen LogP contribution >= 0.6 is 0 Å². The number of carbonyl (C=O) groups is 1. The normalized spacial score (nSPS) is 17.6. The summed E-state index contributed by atoms with van der Waals surface area (Å²) in [6.07, 6.45) is 5.90. The molecule has 0 aromatic heterocycles. The Kier molecular flexibility index (Phi) is 14.4. The molecule has 0 aromatic carbocycles. The minimum atomic E-state index is -0.318. The highest BCUT2D eigenvalue weighted by Gasteiger charge is 2.27. The molecule has 0 atom stereocenters. The van der Waals surface area contributed by atoms with Crippen LogP contribution in [0, 0.1) is 0 Å². The minimum Gasteiger partial charge on any atom is -0.462 e. The molecule has 5 nitrogen and oxygen atoms in total. The molecule has 0 unspecified atom stereocenters. The summed E-state index contributed by atoms with van der Waals surface area (Å²) in [7, 11) is 1.00. The summed E-state index contributed by atoms with van der Waals surface area (Å²) in [6.45, 7) is 10.6. The first-order valence-electron chi connectivity index (χ1n) is 7.35. The van der Waals surface area contributed by atoms with Crippen molar-refractivity contribution in [1.82, 2.24) is 4.90 Å². The van der Waals surface area contributed by atoms with Gasteiger partial charge in [-0.25, -0.2) is 0 Å². The molecule has 0 aromatic rings. The number of aliphatic hydroxyl groups excluding tert-OH is 2. The number of hydrogen-bond acceptors (Lipinski definition) is 5. The van der Waals surface area contributed by atoms with Gasteiger partial charge in [0.1, 0.15) is 5.60 Å². The first-order chi connectivity index (χ1) is 9.44. The summed E-state index contributed by atoms with van der Waals surface area (Å²) in [6, 6.07) is 1.01. The summed E-state index contributed by atoms with van der Waals surface area (Å²) in [5.41, 5.74) is -0.318. The van der Waals surface area contributed by atoms with Crippen molar-refractivity contribution >= 4 is 6.47 Å². The van der Waals surface area contributed by atoms with Crippen LogP contribution < -0.4 is 0 Å². The molecule has 2 N–H and O–H groups in total. The van der Waals surface area contributed by atoms with E-state index in [1.807, 2.05) is 20.8 Å². The monoisotopic (exact) mass is 291 g/mol. The van der Waals surface area contributed by atoms with Crippen molar-refractivity contribution in [2.75, 3.05) is 26.8 Å². The molecular weight excluding hydrogens is 258 g/mol. The van der Waals surface area contributed by atoms with Gasteiger partial charge < -0.3 is 19.8 Å². The van der Waals surface area contributed by atoms with Gasteiger partial charge in [0.2, 0.25) is 0 Å². The average molecular weight is 291 g/mol. The van der Waals surface area contributed by atoms with Gasteiger partial charge in [-0.05, 0) is 66.5 Å². The zero-order valence-corrected chi connectivity index (χ0v) is 13.8. The van der Waals surface area contributed by atoms with Gasteiger partial charge in [-0.1, -0.05) is 0 Å². The number of ether oxygens (including phenoxy) is 1. The van der Waals surface area contributed by atoms with Crippen LogP contribution in [0.1, 0.15) is 53.4 Å². The molecule has 2 saturated heterocycles. The summed E-state index contributed by atoms with van der Waals surface area (Å²) in [4.78, 5) is 12.2. The van der Waals surface area contributed by atoms with Crippen molar-refractivity contribution in [1.29, 1.82) is 0 Å². The van der Waals surface area contributed by atoms with Gasteiger partial charge in [0.15, 0.2) is 0 Å². The fourth-order valence-corrected chi connectivity index (χ4v) is 2.19. The van der Waals surface area contributed by atoms with Crippen molar-refractivity contribution in [3.05, 3.63) is 0 Å². The molecule has 0 saturated carbocycles. The summed E-state index contributed by atoms with van der Waals surface area (Å²) in [5.74, 6) is 0. The van der Waals surface area contributed by atoms with Crippen LogP contribution in [-0.4, -0.2) is 60.0 Å². The molecule has 0 bridgehead atoms. The third kappa shape index (κ3) is 12.4. The van der Waals surface area contributed by atoms with E-state index < -0.39 is 0 Å². The smallest absolute Gasteiger partial charge is 0.293 e. The first-order valence-corrected chi connectivity index (χ1v) is 7.35. The molecule has 0 aliphatic carbocycles. The second-order valence-corrected chi connectivity index (χ2v) is 5.62. The predicted octanol–water partition coefficient (Wildman–Crippen LogP) is 1.81. The summed E-state index contributed by atoms with van der Waals surface area (Å²) >= 11 is 0. The van der Waals surface area contributed by atoms with Crippen LogP contribution in [-0.2, 0) is 9.53 Å². The Morgan fingerprint density at radius 2 is 1.60 bits per heavy atom. The molecule has 0 spiro atoms. The van der Waals surface area contributed by atoms with Crippen molar-refractivity contribution in [2.24, 2.45) is 0 Å². The van der Waals surface area contributed by atoms with Crippen LogP contribution in [0.25, 0.3) is 0 Å². The van der Waals surface area contributed by atoms with Crippen LogP contribution in [0.4, 0.5) is 0 Å². The molecule has 122 valence electrons. The van der Waals surface area contributed by atoms with E-state index >= 15 is 0 Å². The van der Waals surface area contributed by atoms with E-state index in [2.05, 4.69) is 9.64 Å². The molecule has 2 fully saturated rings. The molecule has 2 aliphatic heterocycles. The van der Waals surface area contributed by atoms with E-state index in [9.17, 15) is 4.79 Å². The number of carbonyl (C=O) groups excluding carboxylic acids is 1. The number of fused-ring (bicyclic) bond motifs is 1. The average Bonchev–Trinajstić information content (AvgIpc) is 2.94. The predicted molar refractivity (Wildman–Crippen MR) is 81.6 cm³/mol. The van der Waals surface area contributed by atoms with Crippen LogP contribution in [0.3, 0.4) is 0 Å². The standard InChI is InChI=1S/C7H13N.C5H10O2.C2H6O.CH4O/c1-3-7-4-2-6-8(7)5-1;1-5(2,3)7-4-6;1-2-3;1-2/h7H,1-6H2;4H,1-3H3;3H,2H2,1H3;2H,1H3. The van der Waals surface area contributed by atoms with Crippen LogP contribution in [0.5, 0.6) is 0 Å². The van der Waals surface area contributed by atoms with Crippen molar-refractivity contribution in [2.45, 2.75) is 65.0 Å². The van der Waals surface area contributed by atoms with E-state index in [4.69, 9.17) is 10.2 Å². The van der Waals surface area contributed by atoms with Gasteiger partial charge in [0.05, 0.1) is 0 Å². The van der Waals surface area contributed by atoms with Crippen molar-refractivity contribution in [3.63, 3.8) is 0 Å². The number of hydrogen-bond donors (Lipinski definition) is 2. The molecule has 5 heteroatoms. The lowest BCUT2D eigenvalue weighted by atomic mass is 10.2. The fraction of sp³-hybridized carbons (Fsp3) is 0.933. The zero-order valence-electron chi connectivity index (χ0n) is 13.8. The lowest BCUT2D eigenvalue weighted by molar-refractivity contribution is -0.138. The topological polar surface area (TPSA) is 70.0 Å². The third-order valence-corrected chi connectivity index (χ3v) is 2.88. The largest absolute Gasteiger partial charge is 0.462 e. The Morgan fingerprint density at radius 3 is 1.80 bits per heavy atom. The Bertz CT molecular complexity index is 196. The minimum absolute atomic E-state index is 0.250. The number of aliphatic hydroxyl groups is 2. The third-order valence-electron chi connectivity index (χ3n) is 2.88. The van der Waals surface area contributed by atoms with Crippen molar-refractivity contribution < 1.29 is 19.7 Å². The maximum absolute atomic E-state index is 9.60. The van der Waals surface area contributed by atoms with E-state index in [0.717, 1.165) is 13.2 Å². The lowest BCUT2D eigenvalue weighted by Crippen LogP contribution is -2.21. The second kappa shape index (κ2) is 13.3. The second-order valence-electron chi connectivity index (χ2n) is 5.62. The summed E-state index contributed by atoms with van der Waals surface area (Å²) < 4.78 is 4.55. The number of nitrogens with zero attached hydrogens (tertiary/aromatic N) is 1. The zero-order chi connectivity index (χ0) is 16.0.